The van der Waals surface area contributed by atoms with Gasteiger partial charge in [0.15, 0.2) is 0 Å². The number of benzene rings is 1. The van der Waals surface area contributed by atoms with Gasteiger partial charge in [-0.3, -0.25) is 4.79 Å². The number of hydrogen-bond donors (Lipinski definition) is 2. The summed E-state index contributed by atoms with van der Waals surface area (Å²) in [6.07, 6.45) is 0. The number of amides is 1. The first-order valence-electron chi connectivity index (χ1n) is 5.23. The highest BCUT2D eigenvalue weighted by Crippen LogP contribution is 2.25. The minimum atomic E-state index is -0.543. The molecule has 3 N–H and O–H groups in total. The van der Waals surface area contributed by atoms with Gasteiger partial charge in [-0.25, -0.2) is 0 Å². The maximum atomic E-state index is 12.0. The quantitative estimate of drug-likeness (QED) is 0.893. The van der Waals surface area contributed by atoms with Crippen LogP contribution in [-0.4, -0.2) is 19.0 Å². The molecule has 1 aromatic carbocycles. The van der Waals surface area contributed by atoms with Gasteiger partial charge in [-0.1, -0.05) is 28.1 Å². The maximum absolute atomic E-state index is 12.0. The minimum absolute atomic E-state index is 0. The first-order valence-corrected chi connectivity index (χ1v) is 6.02. The van der Waals surface area contributed by atoms with Crippen molar-refractivity contribution in [2.45, 2.75) is 19.3 Å². The molecule has 0 saturated carbocycles. The van der Waals surface area contributed by atoms with Crippen LogP contribution in [0.2, 0.25) is 0 Å². The maximum Gasteiger partial charge on any atom is 0.230 e. The Morgan fingerprint density at radius 1 is 1.47 bits per heavy atom. The summed E-state index contributed by atoms with van der Waals surface area (Å²) in [5, 5.41) is 2.81. The van der Waals surface area contributed by atoms with E-state index < -0.39 is 5.41 Å². The summed E-state index contributed by atoms with van der Waals surface area (Å²) in [4.78, 5) is 12.0. The fourth-order valence-corrected chi connectivity index (χ4v) is 1.81. The van der Waals surface area contributed by atoms with Crippen molar-refractivity contribution in [3.63, 3.8) is 0 Å². The SMILES string of the molecule is CC(C)(C(=O)NCCN)c1cccc(Br)c1.Cl. The summed E-state index contributed by atoms with van der Waals surface area (Å²) in [6.45, 7) is 4.78. The van der Waals surface area contributed by atoms with Crippen molar-refractivity contribution in [1.82, 2.24) is 5.32 Å². The zero-order valence-electron chi connectivity index (χ0n) is 10.00. The minimum Gasteiger partial charge on any atom is -0.354 e. The molecule has 0 heterocycles. The van der Waals surface area contributed by atoms with Crippen LogP contribution in [0.4, 0.5) is 0 Å². The Labute approximate surface area is 117 Å². The van der Waals surface area contributed by atoms with Crippen LogP contribution in [0.5, 0.6) is 0 Å². The standard InChI is InChI=1S/C12H17BrN2O.ClH/c1-12(2,11(16)15-7-6-14)9-4-3-5-10(13)8-9;/h3-5,8H,6-7,14H2,1-2H3,(H,15,16);1H. The number of halogens is 2. The molecule has 1 aromatic rings. The molecule has 0 atom stereocenters. The van der Waals surface area contributed by atoms with Gasteiger partial charge in [-0.2, -0.15) is 0 Å². The van der Waals surface area contributed by atoms with Crippen LogP contribution >= 0.6 is 28.3 Å². The highest BCUT2D eigenvalue weighted by atomic mass is 79.9. The highest BCUT2D eigenvalue weighted by molar-refractivity contribution is 9.10. The highest BCUT2D eigenvalue weighted by Gasteiger charge is 2.29. The summed E-state index contributed by atoms with van der Waals surface area (Å²) in [5.41, 5.74) is 5.80. The molecular formula is C12H18BrClN2O. The lowest BCUT2D eigenvalue weighted by Gasteiger charge is -2.24. The van der Waals surface area contributed by atoms with E-state index >= 15 is 0 Å². The summed E-state index contributed by atoms with van der Waals surface area (Å²) in [5.74, 6) is -0.00366. The van der Waals surface area contributed by atoms with Gasteiger partial charge in [-0.05, 0) is 31.5 Å². The number of rotatable bonds is 4. The van der Waals surface area contributed by atoms with Crippen molar-refractivity contribution in [2.24, 2.45) is 5.73 Å². The summed E-state index contributed by atoms with van der Waals surface area (Å²) in [7, 11) is 0. The zero-order chi connectivity index (χ0) is 12.2. The molecular weight excluding hydrogens is 304 g/mol. The molecule has 0 radical (unpaired) electrons. The second-order valence-electron chi connectivity index (χ2n) is 4.18. The lowest BCUT2D eigenvalue weighted by molar-refractivity contribution is -0.125. The van der Waals surface area contributed by atoms with Crippen molar-refractivity contribution in [3.05, 3.63) is 34.3 Å². The fourth-order valence-electron chi connectivity index (χ4n) is 1.42. The molecule has 0 aliphatic rings. The third-order valence-electron chi connectivity index (χ3n) is 2.54. The predicted octanol–water partition coefficient (Wildman–Crippen LogP) is 2.22. The van der Waals surface area contributed by atoms with E-state index in [-0.39, 0.29) is 18.3 Å². The van der Waals surface area contributed by atoms with Gasteiger partial charge >= 0.3 is 0 Å². The van der Waals surface area contributed by atoms with E-state index in [9.17, 15) is 4.79 Å². The van der Waals surface area contributed by atoms with Crippen molar-refractivity contribution < 1.29 is 4.79 Å². The number of carbonyl (C=O) groups is 1. The van der Waals surface area contributed by atoms with Crippen LogP contribution in [0.15, 0.2) is 28.7 Å². The molecule has 17 heavy (non-hydrogen) atoms. The van der Waals surface area contributed by atoms with Crippen LogP contribution in [0.1, 0.15) is 19.4 Å². The van der Waals surface area contributed by atoms with Gasteiger partial charge in [0.2, 0.25) is 5.91 Å². The van der Waals surface area contributed by atoms with E-state index in [1.807, 2.05) is 38.1 Å². The zero-order valence-corrected chi connectivity index (χ0v) is 12.4. The topological polar surface area (TPSA) is 55.1 Å². The lowest BCUT2D eigenvalue weighted by Crippen LogP contribution is -2.42. The largest absolute Gasteiger partial charge is 0.354 e. The molecule has 0 fully saturated rings. The van der Waals surface area contributed by atoms with Crippen LogP contribution in [0.3, 0.4) is 0 Å². The van der Waals surface area contributed by atoms with E-state index in [2.05, 4.69) is 21.2 Å². The third kappa shape index (κ3) is 4.30. The number of hydrogen-bond acceptors (Lipinski definition) is 2. The van der Waals surface area contributed by atoms with E-state index in [1.165, 1.54) is 0 Å². The van der Waals surface area contributed by atoms with E-state index in [0.717, 1.165) is 10.0 Å². The smallest absolute Gasteiger partial charge is 0.230 e. The number of nitrogens with one attached hydrogen (secondary N) is 1. The Balaban J connectivity index is 0.00000256. The Morgan fingerprint density at radius 3 is 2.65 bits per heavy atom. The van der Waals surface area contributed by atoms with Crippen molar-refractivity contribution in [2.75, 3.05) is 13.1 Å². The van der Waals surface area contributed by atoms with Gasteiger partial charge < -0.3 is 11.1 Å². The predicted molar refractivity (Wildman–Crippen MR) is 76.5 cm³/mol. The fraction of sp³-hybridized carbons (Fsp3) is 0.417. The van der Waals surface area contributed by atoms with Gasteiger partial charge in [0, 0.05) is 17.6 Å². The summed E-state index contributed by atoms with van der Waals surface area (Å²) in [6, 6.07) is 7.78. The number of nitrogens with two attached hydrogens (primary N) is 1. The first-order chi connectivity index (χ1) is 7.48. The molecule has 0 aromatic heterocycles. The van der Waals surface area contributed by atoms with Crippen LogP contribution < -0.4 is 11.1 Å². The van der Waals surface area contributed by atoms with Gasteiger partial charge in [0.05, 0.1) is 5.41 Å². The Hall–Kier alpha value is -0.580. The molecule has 0 spiro atoms. The van der Waals surface area contributed by atoms with E-state index in [4.69, 9.17) is 5.73 Å². The second kappa shape index (κ2) is 6.99. The monoisotopic (exact) mass is 320 g/mol. The van der Waals surface area contributed by atoms with Crippen molar-refractivity contribution in [3.8, 4) is 0 Å². The average Bonchev–Trinajstić information content (AvgIpc) is 2.25. The molecule has 96 valence electrons. The molecule has 0 saturated heterocycles. The third-order valence-corrected chi connectivity index (χ3v) is 3.04. The molecule has 0 aliphatic carbocycles. The molecule has 1 rings (SSSR count). The Bertz CT molecular complexity index is 383. The normalized spacial score (nSPS) is 10.6. The summed E-state index contributed by atoms with van der Waals surface area (Å²) >= 11 is 3.40. The van der Waals surface area contributed by atoms with Crippen molar-refractivity contribution in [1.29, 1.82) is 0 Å². The van der Waals surface area contributed by atoms with E-state index in [1.54, 1.807) is 0 Å². The van der Waals surface area contributed by atoms with Crippen LogP contribution in [0.25, 0.3) is 0 Å². The summed E-state index contributed by atoms with van der Waals surface area (Å²) < 4.78 is 0.977. The van der Waals surface area contributed by atoms with E-state index in [0.29, 0.717) is 13.1 Å². The van der Waals surface area contributed by atoms with Gasteiger partial charge in [0.1, 0.15) is 0 Å². The molecule has 0 unspecified atom stereocenters. The molecule has 0 bridgehead atoms. The Kier molecular flexibility index (Phi) is 6.75. The lowest BCUT2D eigenvalue weighted by atomic mass is 9.84. The van der Waals surface area contributed by atoms with Gasteiger partial charge in [0.25, 0.3) is 0 Å². The molecule has 3 nitrogen and oxygen atoms in total. The first kappa shape index (κ1) is 16.4. The molecule has 0 aliphatic heterocycles. The molecule has 5 heteroatoms. The van der Waals surface area contributed by atoms with Gasteiger partial charge in [-0.15, -0.1) is 12.4 Å². The Morgan fingerprint density at radius 2 is 2.12 bits per heavy atom. The average molecular weight is 322 g/mol. The second-order valence-corrected chi connectivity index (χ2v) is 5.10. The van der Waals surface area contributed by atoms with Crippen LogP contribution in [-0.2, 0) is 10.2 Å². The number of carbonyl (C=O) groups excluding carboxylic acids is 1. The van der Waals surface area contributed by atoms with Crippen molar-refractivity contribution >= 4 is 34.2 Å². The van der Waals surface area contributed by atoms with Crippen LogP contribution in [0, 0.1) is 0 Å². The molecule has 1 amide bonds.